The Labute approximate surface area is 255 Å². The van der Waals surface area contributed by atoms with Gasteiger partial charge in [0.15, 0.2) is 0 Å². The summed E-state index contributed by atoms with van der Waals surface area (Å²) in [6, 6.07) is 8.40. The van der Waals surface area contributed by atoms with E-state index in [2.05, 4.69) is 51.7 Å². The molecule has 0 bridgehead atoms. The predicted octanol–water partition coefficient (Wildman–Crippen LogP) is 2.72. The van der Waals surface area contributed by atoms with Gasteiger partial charge in [-0.05, 0) is 37.6 Å². The minimum absolute atomic E-state index is 0.0197. The molecule has 2 amide bonds. The third kappa shape index (κ3) is 20.6. The Morgan fingerprint density at radius 3 is 1.90 bits per heavy atom. The van der Waals surface area contributed by atoms with Crippen molar-refractivity contribution in [3.8, 4) is 0 Å². The fourth-order valence-electron chi connectivity index (χ4n) is 3.48. The number of hydrogen-bond donors (Lipinski definition) is 3. The molecule has 0 aliphatic carbocycles. The quantitative estimate of drug-likeness (QED) is 0.0784. The first-order chi connectivity index (χ1) is 20.0. The van der Waals surface area contributed by atoms with Crippen LogP contribution < -0.4 is 20.9 Å². The van der Waals surface area contributed by atoms with E-state index in [9.17, 15) is 9.59 Å². The largest absolute Gasteiger partial charge is 0.379 e. The molecule has 0 spiro atoms. The van der Waals surface area contributed by atoms with Crippen molar-refractivity contribution < 1.29 is 28.5 Å². The van der Waals surface area contributed by atoms with Crippen molar-refractivity contribution in [2.45, 2.75) is 26.3 Å². The normalized spacial score (nSPS) is 10.9. The molecule has 0 atom stereocenters. The molecule has 0 radical (unpaired) electrons. The number of carbonyl (C=O) groups excluding carboxylic acids is 2. The van der Waals surface area contributed by atoms with Crippen LogP contribution in [0.3, 0.4) is 0 Å². The van der Waals surface area contributed by atoms with Crippen molar-refractivity contribution in [2.24, 2.45) is 0 Å². The van der Waals surface area contributed by atoms with Crippen LogP contribution in [0.5, 0.6) is 0 Å². The molecule has 12 heteroatoms. The molecule has 1 aromatic rings. The molecular weight excluding hydrogens is 571 g/mol. The molecule has 0 saturated carbocycles. The van der Waals surface area contributed by atoms with Crippen molar-refractivity contribution in [3.63, 3.8) is 0 Å². The molecule has 234 valence electrons. The Hall–Kier alpha value is -1.92. The second-order valence-electron chi connectivity index (χ2n) is 9.15. The van der Waals surface area contributed by atoms with Crippen molar-refractivity contribution in [3.05, 3.63) is 42.0 Å². The average Bonchev–Trinajstić information content (AvgIpc) is 2.96. The maximum atomic E-state index is 11.9. The van der Waals surface area contributed by atoms with Gasteiger partial charge in [0.25, 0.3) is 0 Å². The molecule has 41 heavy (non-hydrogen) atoms. The summed E-state index contributed by atoms with van der Waals surface area (Å²) < 4.78 is 21.7. The van der Waals surface area contributed by atoms with Gasteiger partial charge in [-0.25, -0.2) is 0 Å². The highest BCUT2D eigenvalue weighted by molar-refractivity contribution is 6.18. The Morgan fingerprint density at radius 2 is 1.34 bits per heavy atom. The van der Waals surface area contributed by atoms with Crippen LogP contribution in [0.1, 0.15) is 25.3 Å². The molecule has 1 aromatic carbocycles. The van der Waals surface area contributed by atoms with E-state index >= 15 is 0 Å². The zero-order chi connectivity index (χ0) is 30.0. The smallest absolute Gasteiger partial charge is 0.246 e. The molecule has 0 heterocycles. The van der Waals surface area contributed by atoms with Gasteiger partial charge < -0.3 is 39.8 Å². The van der Waals surface area contributed by atoms with Gasteiger partial charge in [0, 0.05) is 62.2 Å². The van der Waals surface area contributed by atoms with Crippen LogP contribution in [0.15, 0.2) is 36.4 Å². The first-order valence-corrected chi connectivity index (χ1v) is 15.2. The van der Waals surface area contributed by atoms with Gasteiger partial charge in [-0.2, -0.15) is 0 Å². The highest BCUT2D eigenvalue weighted by Gasteiger charge is 2.05. The lowest BCUT2D eigenvalue weighted by Crippen LogP contribution is -2.28. The number of carbonyl (C=O) groups is 2. The van der Waals surface area contributed by atoms with Crippen molar-refractivity contribution >= 4 is 40.7 Å². The Kier molecular flexibility index (Phi) is 23.3. The zero-order valence-electron chi connectivity index (χ0n) is 24.4. The first-order valence-electron chi connectivity index (χ1n) is 14.2. The van der Waals surface area contributed by atoms with Crippen molar-refractivity contribution in [2.75, 3.05) is 102 Å². The van der Waals surface area contributed by atoms with Gasteiger partial charge in [0.2, 0.25) is 11.8 Å². The summed E-state index contributed by atoms with van der Waals surface area (Å²) in [5.41, 5.74) is 2.80. The summed E-state index contributed by atoms with van der Waals surface area (Å²) in [7, 11) is 0. The van der Waals surface area contributed by atoms with E-state index in [1.54, 1.807) is 6.92 Å². The van der Waals surface area contributed by atoms with Crippen LogP contribution in [-0.4, -0.2) is 109 Å². The van der Waals surface area contributed by atoms with Gasteiger partial charge in [0.1, 0.15) is 0 Å². The number of nitrogens with one attached hydrogen (secondary N) is 3. The number of halogens is 2. The molecular formula is C29H48Cl2N4O6. The SMILES string of the molecule is C=C(C)C(=O)NCCOCCOCCOCCOCCC(=O)NCCCNCc1ccc(N(CCCl)CCCl)cc1. The van der Waals surface area contributed by atoms with E-state index in [-0.39, 0.29) is 11.8 Å². The van der Waals surface area contributed by atoms with E-state index in [4.69, 9.17) is 42.1 Å². The Balaban J connectivity index is 1.88. The van der Waals surface area contributed by atoms with E-state index in [1.165, 1.54) is 5.56 Å². The number of anilines is 1. The van der Waals surface area contributed by atoms with E-state index in [1.807, 2.05) is 0 Å². The zero-order valence-corrected chi connectivity index (χ0v) is 25.9. The van der Waals surface area contributed by atoms with Crippen molar-refractivity contribution in [1.29, 1.82) is 0 Å². The fourth-order valence-corrected chi connectivity index (χ4v) is 3.88. The van der Waals surface area contributed by atoms with Crippen LogP contribution in [-0.2, 0) is 35.1 Å². The number of hydrogen-bond acceptors (Lipinski definition) is 8. The third-order valence-electron chi connectivity index (χ3n) is 5.70. The van der Waals surface area contributed by atoms with Crippen LogP contribution in [0.2, 0.25) is 0 Å². The number of ether oxygens (including phenoxy) is 4. The van der Waals surface area contributed by atoms with Crippen molar-refractivity contribution in [1.82, 2.24) is 16.0 Å². The minimum atomic E-state index is -0.168. The number of benzene rings is 1. The summed E-state index contributed by atoms with van der Waals surface area (Å²) in [5.74, 6) is 0.944. The lowest BCUT2D eigenvalue weighted by Gasteiger charge is -2.23. The number of rotatable bonds is 27. The highest BCUT2D eigenvalue weighted by Crippen LogP contribution is 2.15. The van der Waals surface area contributed by atoms with Gasteiger partial charge in [-0.15, -0.1) is 23.2 Å². The number of alkyl halides is 2. The maximum absolute atomic E-state index is 11.9. The monoisotopic (exact) mass is 618 g/mol. The van der Waals surface area contributed by atoms with Crippen LogP contribution in [0.25, 0.3) is 0 Å². The second kappa shape index (κ2) is 25.8. The lowest BCUT2D eigenvalue weighted by molar-refractivity contribution is -0.122. The predicted molar refractivity (Wildman–Crippen MR) is 165 cm³/mol. The molecule has 3 N–H and O–H groups in total. The van der Waals surface area contributed by atoms with Gasteiger partial charge in [0.05, 0.1) is 52.9 Å². The van der Waals surface area contributed by atoms with Crippen LogP contribution in [0.4, 0.5) is 5.69 Å². The molecule has 0 aliphatic heterocycles. The average molecular weight is 620 g/mol. The molecule has 10 nitrogen and oxygen atoms in total. The Bertz CT molecular complexity index is 826. The van der Waals surface area contributed by atoms with Gasteiger partial charge in [-0.1, -0.05) is 18.7 Å². The molecule has 0 aromatic heterocycles. The van der Waals surface area contributed by atoms with Gasteiger partial charge in [-0.3, -0.25) is 9.59 Å². The van der Waals surface area contributed by atoms with E-state index < -0.39 is 0 Å². The Morgan fingerprint density at radius 1 is 0.780 bits per heavy atom. The summed E-state index contributed by atoms with van der Waals surface area (Å²) in [4.78, 5) is 25.4. The van der Waals surface area contributed by atoms with Crippen LogP contribution in [0, 0.1) is 0 Å². The molecule has 1 rings (SSSR count). The number of nitrogens with zero attached hydrogens (tertiary/aromatic N) is 1. The molecule has 0 unspecified atom stereocenters. The summed E-state index contributed by atoms with van der Waals surface area (Å²) >= 11 is 11.8. The lowest BCUT2D eigenvalue weighted by atomic mass is 10.2. The summed E-state index contributed by atoms with van der Waals surface area (Å²) in [6.07, 6.45) is 1.17. The third-order valence-corrected chi connectivity index (χ3v) is 6.04. The standard InChI is InChI=1S/C29H48Cl2N4O6/c1-25(2)29(37)34-13-17-39-19-21-41-23-22-40-20-18-38-16-8-28(36)33-12-3-11-32-24-26-4-6-27(7-5-26)35(14-9-30)15-10-31/h4-7,32H,1,3,8-24H2,2H3,(H,33,36)(H,34,37). The topological polar surface area (TPSA) is 110 Å². The molecule has 0 saturated heterocycles. The minimum Gasteiger partial charge on any atom is -0.379 e. The molecule has 0 fully saturated rings. The number of amides is 2. The van der Waals surface area contributed by atoms with Crippen LogP contribution >= 0.6 is 23.2 Å². The fraction of sp³-hybridized carbons (Fsp3) is 0.655. The molecule has 0 aliphatic rings. The summed E-state index contributed by atoms with van der Waals surface area (Å²) in [5, 5.41) is 9.01. The van der Waals surface area contributed by atoms with E-state index in [0.29, 0.717) is 89.7 Å². The summed E-state index contributed by atoms with van der Waals surface area (Å²) in [6.45, 7) is 12.9. The van der Waals surface area contributed by atoms with Gasteiger partial charge >= 0.3 is 0 Å². The first kappa shape index (κ1) is 37.1. The van der Waals surface area contributed by atoms with E-state index in [0.717, 1.165) is 38.3 Å². The second-order valence-corrected chi connectivity index (χ2v) is 9.90. The highest BCUT2D eigenvalue weighted by atomic mass is 35.5. The maximum Gasteiger partial charge on any atom is 0.246 e.